The van der Waals surface area contributed by atoms with Gasteiger partial charge in [0.1, 0.15) is 6.04 Å². The third-order valence-electron chi connectivity index (χ3n) is 3.93. The topological polar surface area (TPSA) is 69.6 Å². The zero-order chi connectivity index (χ0) is 13.0. The van der Waals surface area contributed by atoms with Crippen molar-refractivity contribution in [3.05, 3.63) is 0 Å². The van der Waals surface area contributed by atoms with Gasteiger partial charge >= 0.3 is 5.97 Å². The highest BCUT2D eigenvalue weighted by atomic mass is 16.4. The Morgan fingerprint density at radius 3 is 2.50 bits per heavy atom. The molecule has 2 fully saturated rings. The molecule has 0 aromatic carbocycles. The van der Waals surface area contributed by atoms with E-state index in [0.29, 0.717) is 13.0 Å². The van der Waals surface area contributed by atoms with Crippen LogP contribution in [0.3, 0.4) is 0 Å². The van der Waals surface area contributed by atoms with Crippen LogP contribution < -0.4 is 5.32 Å². The molecule has 0 aromatic heterocycles. The number of hydrogen-bond acceptors (Lipinski definition) is 3. The van der Waals surface area contributed by atoms with Gasteiger partial charge in [-0.2, -0.15) is 0 Å². The summed E-state index contributed by atoms with van der Waals surface area (Å²) < 4.78 is 0. The van der Waals surface area contributed by atoms with Crippen molar-refractivity contribution in [1.29, 1.82) is 0 Å². The van der Waals surface area contributed by atoms with Crippen molar-refractivity contribution >= 4 is 11.9 Å². The molecular formula is C13H22N2O3. The highest BCUT2D eigenvalue weighted by Gasteiger charge is 2.34. The van der Waals surface area contributed by atoms with Crippen molar-refractivity contribution in [3.8, 4) is 0 Å². The molecule has 2 aliphatic rings. The molecule has 1 amide bonds. The summed E-state index contributed by atoms with van der Waals surface area (Å²) >= 11 is 0. The molecule has 2 aliphatic heterocycles. The van der Waals surface area contributed by atoms with Crippen molar-refractivity contribution < 1.29 is 14.7 Å². The SMILES string of the molecule is O=C(O)C1CCCCCCN1C(=O)C1CCCN1. The number of carbonyl (C=O) groups is 2. The molecule has 5 heteroatoms. The van der Waals surface area contributed by atoms with Crippen molar-refractivity contribution in [1.82, 2.24) is 10.2 Å². The van der Waals surface area contributed by atoms with Gasteiger partial charge in [-0.05, 0) is 32.2 Å². The fraction of sp³-hybridized carbons (Fsp3) is 0.846. The number of amides is 1. The van der Waals surface area contributed by atoms with E-state index in [1.54, 1.807) is 4.90 Å². The quantitative estimate of drug-likeness (QED) is 0.771. The average molecular weight is 254 g/mol. The Balaban J connectivity index is 2.07. The molecule has 2 saturated heterocycles. The Bertz CT molecular complexity index is 313. The van der Waals surface area contributed by atoms with E-state index in [0.717, 1.165) is 45.1 Å². The Morgan fingerprint density at radius 2 is 1.83 bits per heavy atom. The first-order valence-electron chi connectivity index (χ1n) is 6.97. The smallest absolute Gasteiger partial charge is 0.326 e. The monoisotopic (exact) mass is 254 g/mol. The number of likely N-dealkylation sites (tertiary alicyclic amines) is 1. The fourth-order valence-electron chi connectivity index (χ4n) is 2.90. The molecule has 2 atom stereocenters. The third-order valence-corrected chi connectivity index (χ3v) is 3.93. The molecule has 0 radical (unpaired) electrons. The zero-order valence-electron chi connectivity index (χ0n) is 10.7. The summed E-state index contributed by atoms with van der Waals surface area (Å²) in [6.45, 7) is 1.45. The van der Waals surface area contributed by atoms with Crippen LogP contribution in [0.5, 0.6) is 0 Å². The van der Waals surface area contributed by atoms with Gasteiger partial charge in [-0.25, -0.2) is 4.79 Å². The van der Waals surface area contributed by atoms with Crippen LogP contribution in [-0.4, -0.2) is 47.1 Å². The summed E-state index contributed by atoms with van der Waals surface area (Å²) in [4.78, 5) is 25.3. The van der Waals surface area contributed by atoms with E-state index in [2.05, 4.69) is 5.32 Å². The molecule has 2 rings (SSSR count). The lowest BCUT2D eigenvalue weighted by Crippen LogP contribution is -2.52. The minimum Gasteiger partial charge on any atom is -0.480 e. The summed E-state index contributed by atoms with van der Waals surface area (Å²) in [7, 11) is 0. The standard InChI is InChI=1S/C13H22N2O3/c16-12(10-6-5-8-14-10)15-9-4-2-1-3-7-11(15)13(17)18/h10-11,14H,1-9H2,(H,17,18). The predicted molar refractivity (Wildman–Crippen MR) is 67.2 cm³/mol. The predicted octanol–water partition coefficient (Wildman–Crippen LogP) is 0.984. The number of rotatable bonds is 2. The molecule has 5 nitrogen and oxygen atoms in total. The van der Waals surface area contributed by atoms with Gasteiger partial charge < -0.3 is 15.3 Å². The van der Waals surface area contributed by atoms with Crippen molar-refractivity contribution in [2.75, 3.05) is 13.1 Å². The minimum atomic E-state index is -0.858. The van der Waals surface area contributed by atoms with Crippen LogP contribution in [0.4, 0.5) is 0 Å². The molecule has 2 unspecified atom stereocenters. The Kier molecular flexibility index (Phi) is 4.58. The summed E-state index contributed by atoms with van der Waals surface area (Å²) in [6, 6.07) is -0.786. The zero-order valence-corrected chi connectivity index (χ0v) is 10.7. The summed E-state index contributed by atoms with van der Waals surface area (Å²) in [6.07, 6.45) is 6.42. The first-order valence-corrected chi connectivity index (χ1v) is 6.97. The molecule has 18 heavy (non-hydrogen) atoms. The van der Waals surface area contributed by atoms with Crippen LogP contribution in [-0.2, 0) is 9.59 Å². The van der Waals surface area contributed by atoms with Gasteiger partial charge in [0.15, 0.2) is 0 Å². The number of carbonyl (C=O) groups excluding carboxylic acids is 1. The van der Waals surface area contributed by atoms with Gasteiger partial charge in [-0.3, -0.25) is 4.79 Å². The molecule has 0 aliphatic carbocycles. The molecule has 0 spiro atoms. The summed E-state index contributed by atoms with van der Waals surface area (Å²) in [5.74, 6) is -0.870. The van der Waals surface area contributed by atoms with E-state index < -0.39 is 12.0 Å². The number of nitrogens with zero attached hydrogens (tertiary/aromatic N) is 1. The fourth-order valence-corrected chi connectivity index (χ4v) is 2.90. The summed E-state index contributed by atoms with van der Waals surface area (Å²) in [5.41, 5.74) is 0. The maximum absolute atomic E-state index is 12.4. The maximum Gasteiger partial charge on any atom is 0.326 e. The lowest BCUT2D eigenvalue weighted by Gasteiger charge is -2.32. The molecule has 2 N–H and O–H groups in total. The minimum absolute atomic E-state index is 0.0122. The van der Waals surface area contributed by atoms with Crippen LogP contribution >= 0.6 is 0 Å². The Morgan fingerprint density at radius 1 is 1.06 bits per heavy atom. The Hall–Kier alpha value is -1.10. The van der Waals surface area contributed by atoms with Gasteiger partial charge in [0.05, 0.1) is 6.04 Å². The molecule has 2 heterocycles. The van der Waals surface area contributed by atoms with Gasteiger partial charge in [0.25, 0.3) is 0 Å². The second-order valence-corrected chi connectivity index (χ2v) is 5.24. The molecule has 0 aromatic rings. The van der Waals surface area contributed by atoms with Gasteiger partial charge in [0, 0.05) is 6.54 Å². The lowest BCUT2D eigenvalue weighted by atomic mass is 10.0. The van der Waals surface area contributed by atoms with E-state index in [1.165, 1.54) is 0 Å². The highest BCUT2D eigenvalue weighted by molar-refractivity contribution is 5.87. The van der Waals surface area contributed by atoms with Crippen molar-refractivity contribution in [3.63, 3.8) is 0 Å². The second kappa shape index (κ2) is 6.18. The van der Waals surface area contributed by atoms with Crippen molar-refractivity contribution in [2.24, 2.45) is 0 Å². The van der Waals surface area contributed by atoms with E-state index >= 15 is 0 Å². The van der Waals surface area contributed by atoms with Gasteiger partial charge in [0.2, 0.25) is 5.91 Å². The van der Waals surface area contributed by atoms with Gasteiger partial charge in [-0.1, -0.05) is 19.3 Å². The molecule has 0 bridgehead atoms. The van der Waals surface area contributed by atoms with Crippen LogP contribution in [0.15, 0.2) is 0 Å². The third kappa shape index (κ3) is 3.02. The summed E-state index contributed by atoms with van der Waals surface area (Å²) in [5, 5.41) is 12.5. The highest BCUT2D eigenvalue weighted by Crippen LogP contribution is 2.19. The second-order valence-electron chi connectivity index (χ2n) is 5.24. The largest absolute Gasteiger partial charge is 0.480 e. The molecule has 102 valence electrons. The first-order chi connectivity index (χ1) is 8.70. The molecule has 0 saturated carbocycles. The van der Waals surface area contributed by atoms with E-state index in [4.69, 9.17) is 0 Å². The Labute approximate surface area is 108 Å². The number of carboxylic acid groups (broad SMARTS) is 1. The number of aliphatic carboxylic acids is 1. The normalized spacial score (nSPS) is 29.7. The van der Waals surface area contributed by atoms with Crippen LogP contribution in [0.1, 0.15) is 44.9 Å². The van der Waals surface area contributed by atoms with E-state index in [9.17, 15) is 14.7 Å². The van der Waals surface area contributed by atoms with E-state index in [1.807, 2.05) is 0 Å². The molecular weight excluding hydrogens is 232 g/mol. The lowest BCUT2D eigenvalue weighted by molar-refractivity contribution is -0.151. The van der Waals surface area contributed by atoms with Crippen LogP contribution in [0, 0.1) is 0 Å². The van der Waals surface area contributed by atoms with Crippen LogP contribution in [0.2, 0.25) is 0 Å². The van der Waals surface area contributed by atoms with Gasteiger partial charge in [-0.15, -0.1) is 0 Å². The first kappa shape index (κ1) is 13.3. The van der Waals surface area contributed by atoms with Crippen LogP contribution in [0.25, 0.3) is 0 Å². The van der Waals surface area contributed by atoms with E-state index in [-0.39, 0.29) is 11.9 Å². The maximum atomic E-state index is 12.4. The number of carboxylic acids is 1. The number of nitrogens with one attached hydrogen (secondary N) is 1. The van der Waals surface area contributed by atoms with Crippen molar-refractivity contribution in [2.45, 2.75) is 57.0 Å². The number of hydrogen-bond donors (Lipinski definition) is 2. The average Bonchev–Trinajstić information content (AvgIpc) is 2.80.